The molecular formula is C49H63F3N6O5. The standard InChI is InChI=1S/C49H63F3N6O5/c1-48(2,3)63-47(60)57-21-19-49(20-22-57)17-15-34(16-18-49)30-55-23-25-56(26-24-55)38-12-9-36-31-58(54-42(36)27-38)37-10-5-33(6-11-37)29-53-46(59)40-28-41(50)45(44(52)43(40)51)62-32-35-7-13-39(61-4)14-8-35/h7-9,12-14,27-28,31,33-34,37H,5-6,10-11,15-26,29-30,32H2,1-4H3,(H,53,59). The maximum absolute atomic E-state index is 15.0. The number of anilines is 1. The van der Waals surface area contributed by atoms with Crippen LogP contribution in [0.1, 0.15) is 107 Å². The van der Waals surface area contributed by atoms with E-state index in [-0.39, 0.29) is 31.2 Å². The van der Waals surface area contributed by atoms with Gasteiger partial charge in [0.05, 0.1) is 24.2 Å². The highest BCUT2D eigenvalue weighted by Crippen LogP contribution is 2.47. The van der Waals surface area contributed by atoms with E-state index in [0.717, 1.165) is 94.6 Å². The molecule has 2 aliphatic carbocycles. The third-order valence-corrected chi connectivity index (χ3v) is 14.0. The number of likely N-dealkylation sites (tertiary alicyclic amines) is 1. The van der Waals surface area contributed by atoms with E-state index in [1.54, 1.807) is 24.3 Å². The zero-order valence-electron chi connectivity index (χ0n) is 37.3. The Morgan fingerprint density at radius 3 is 2.19 bits per heavy atom. The second kappa shape index (κ2) is 19.0. The summed E-state index contributed by atoms with van der Waals surface area (Å²) in [5.74, 6) is -4.35. The first-order valence-electron chi connectivity index (χ1n) is 22.9. The molecule has 3 heterocycles. The smallest absolute Gasteiger partial charge is 0.410 e. The number of carbonyl (C=O) groups excluding carboxylic acids is 2. The molecule has 1 spiro atoms. The van der Waals surface area contributed by atoms with Crippen LogP contribution in [0, 0.1) is 34.7 Å². The van der Waals surface area contributed by atoms with E-state index in [1.165, 1.54) is 45.0 Å². The number of piperidine rings is 1. The third kappa shape index (κ3) is 10.7. The minimum absolute atomic E-state index is 0.149. The summed E-state index contributed by atoms with van der Waals surface area (Å²) in [7, 11) is 1.52. The number of methoxy groups -OCH3 is 1. The number of aromatic nitrogens is 2. The molecule has 0 unspecified atom stereocenters. The van der Waals surface area contributed by atoms with Gasteiger partial charge in [-0.25, -0.2) is 13.6 Å². The lowest BCUT2D eigenvalue weighted by atomic mass is 9.65. The maximum atomic E-state index is 15.0. The number of benzene rings is 3. The second-order valence-corrected chi connectivity index (χ2v) is 19.4. The van der Waals surface area contributed by atoms with Crippen LogP contribution in [0.4, 0.5) is 23.7 Å². The summed E-state index contributed by atoms with van der Waals surface area (Å²) in [6.07, 6.45) is 12.6. The number of carbonyl (C=O) groups is 2. The largest absolute Gasteiger partial charge is 0.497 e. The SMILES string of the molecule is COc1ccc(COc2c(F)cc(C(=O)NCC3CCC(n4cc5ccc(N6CCN(CC7CCC8(CC7)CCN(C(=O)OC(C)(C)C)CC8)CC6)cc5n4)CC3)c(F)c2F)cc1. The van der Waals surface area contributed by atoms with Crippen LogP contribution in [0.25, 0.3) is 10.9 Å². The molecule has 8 rings (SSSR count). The van der Waals surface area contributed by atoms with E-state index in [1.807, 2.05) is 25.7 Å². The van der Waals surface area contributed by atoms with E-state index < -0.39 is 40.3 Å². The number of hydrogen-bond donors (Lipinski definition) is 1. The number of nitrogens with zero attached hydrogens (tertiary/aromatic N) is 5. The zero-order valence-corrected chi connectivity index (χ0v) is 37.3. The van der Waals surface area contributed by atoms with Gasteiger partial charge in [0.2, 0.25) is 5.82 Å². The summed E-state index contributed by atoms with van der Waals surface area (Å²) in [6, 6.07) is 14.2. The molecule has 4 fully saturated rings. The van der Waals surface area contributed by atoms with Gasteiger partial charge < -0.3 is 29.3 Å². The Labute approximate surface area is 369 Å². The van der Waals surface area contributed by atoms with Crippen molar-refractivity contribution in [3.8, 4) is 11.5 Å². The zero-order chi connectivity index (χ0) is 44.3. The Balaban J connectivity index is 0.756. The van der Waals surface area contributed by atoms with Gasteiger partial charge in [-0.2, -0.15) is 9.49 Å². The van der Waals surface area contributed by atoms with E-state index >= 15 is 4.39 Å². The van der Waals surface area contributed by atoms with Crippen LogP contribution in [0.3, 0.4) is 0 Å². The number of amides is 2. The van der Waals surface area contributed by atoms with Crippen molar-refractivity contribution in [1.29, 1.82) is 0 Å². The van der Waals surface area contributed by atoms with E-state index in [0.29, 0.717) is 22.8 Å². The highest BCUT2D eigenvalue weighted by molar-refractivity contribution is 5.94. The lowest BCUT2D eigenvalue weighted by molar-refractivity contribution is 0.0000175. The Kier molecular flexibility index (Phi) is 13.5. The van der Waals surface area contributed by atoms with Crippen molar-refractivity contribution < 1.29 is 37.0 Å². The topological polar surface area (TPSA) is 101 Å². The Bertz CT molecular complexity index is 2210. The molecular weight excluding hydrogens is 810 g/mol. The maximum Gasteiger partial charge on any atom is 0.410 e. The number of ether oxygens (including phenoxy) is 3. The summed E-state index contributed by atoms with van der Waals surface area (Å²) < 4.78 is 62.9. The van der Waals surface area contributed by atoms with Gasteiger partial charge in [-0.3, -0.25) is 14.4 Å². The van der Waals surface area contributed by atoms with Crippen LogP contribution in [-0.4, -0.2) is 96.6 Å². The lowest BCUT2D eigenvalue weighted by Crippen LogP contribution is -2.49. The summed E-state index contributed by atoms with van der Waals surface area (Å²) in [4.78, 5) is 32.5. The van der Waals surface area contributed by atoms with Crippen molar-refractivity contribution in [2.24, 2.45) is 17.3 Å². The molecule has 2 saturated carbocycles. The Morgan fingerprint density at radius 1 is 0.825 bits per heavy atom. The van der Waals surface area contributed by atoms with Crippen molar-refractivity contribution in [1.82, 2.24) is 24.9 Å². The molecule has 340 valence electrons. The third-order valence-electron chi connectivity index (χ3n) is 14.0. The lowest BCUT2D eigenvalue weighted by Gasteiger charge is -2.47. The summed E-state index contributed by atoms with van der Waals surface area (Å²) in [5, 5.41) is 8.82. The van der Waals surface area contributed by atoms with E-state index in [2.05, 4.69) is 44.2 Å². The Hall–Kier alpha value is -4.98. The average Bonchev–Trinajstić information content (AvgIpc) is 3.72. The molecule has 1 N–H and O–H groups in total. The van der Waals surface area contributed by atoms with Gasteiger partial charge in [-0.05, 0) is 144 Å². The predicted molar refractivity (Wildman–Crippen MR) is 237 cm³/mol. The second-order valence-electron chi connectivity index (χ2n) is 19.4. The molecule has 0 bridgehead atoms. The molecule has 2 aliphatic heterocycles. The molecule has 3 aromatic carbocycles. The van der Waals surface area contributed by atoms with Crippen LogP contribution in [0.5, 0.6) is 11.5 Å². The van der Waals surface area contributed by atoms with E-state index in [9.17, 15) is 18.4 Å². The minimum Gasteiger partial charge on any atom is -0.497 e. The monoisotopic (exact) mass is 872 g/mol. The normalized spacial score (nSPS) is 21.1. The molecule has 4 aromatic rings. The first-order valence-corrected chi connectivity index (χ1v) is 22.9. The van der Waals surface area contributed by atoms with Gasteiger partial charge in [-0.15, -0.1) is 0 Å². The molecule has 4 aliphatic rings. The molecule has 0 atom stereocenters. The van der Waals surface area contributed by atoms with Crippen molar-refractivity contribution in [3.63, 3.8) is 0 Å². The van der Waals surface area contributed by atoms with Gasteiger partial charge in [0.25, 0.3) is 5.91 Å². The van der Waals surface area contributed by atoms with Crippen molar-refractivity contribution in [3.05, 3.63) is 83.3 Å². The molecule has 1 aromatic heterocycles. The van der Waals surface area contributed by atoms with Crippen molar-refractivity contribution in [2.45, 2.75) is 103 Å². The highest BCUT2D eigenvalue weighted by atomic mass is 19.2. The molecule has 0 radical (unpaired) electrons. The van der Waals surface area contributed by atoms with Crippen LogP contribution >= 0.6 is 0 Å². The number of rotatable bonds is 11. The quantitative estimate of drug-likeness (QED) is 0.149. The van der Waals surface area contributed by atoms with Crippen LogP contribution in [0.15, 0.2) is 54.7 Å². The fourth-order valence-electron chi connectivity index (χ4n) is 10.1. The van der Waals surface area contributed by atoms with Crippen molar-refractivity contribution >= 4 is 28.6 Å². The highest BCUT2D eigenvalue weighted by Gasteiger charge is 2.40. The molecule has 14 heteroatoms. The van der Waals surface area contributed by atoms with Crippen LogP contribution in [0.2, 0.25) is 0 Å². The van der Waals surface area contributed by atoms with Gasteiger partial charge in [0.15, 0.2) is 17.4 Å². The van der Waals surface area contributed by atoms with Crippen LogP contribution in [-0.2, 0) is 11.3 Å². The van der Waals surface area contributed by atoms with Gasteiger partial charge in [0, 0.05) is 69.6 Å². The van der Waals surface area contributed by atoms with E-state index in [4.69, 9.17) is 19.3 Å². The van der Waals surface area contributed by atoms with Gasteiger partial charge in [-0.1, -0.05) is 12.1 Å². The van der Waals surface area contributed by atoms with Gasteiger partial charge >= 0.3 is 6.09 Å². The summed E-state index contributed by atoms with van der Waals surface area (Å²) in [6.45, 7) is 12.7. The average molecular weight is 873 g/mol. The number of halogens is 3. The van der Waals surface area contributed by atoms with Crippen molar-refractivity contribution in [2.75, 3.05) is 64.4 Å². The molecule has 2 saturated heterocycles. The number of fused-ring (bicyclic) bond motifs is 1. The number of hydrogen-bond acceptors (Lipinski definition) is 8. The van der Waals surface area contributed by atoms with Gasteiger partial charge in [0.1, 0.15) is 18.0 Å². The number of nitrogens with one attached hydrogen (secondary N) is 1. The number of piperazine rings is 1. The first-order chi connectivity index (χ1) is 30.2. The fraction of sp³-hybridized carbons (Fsp3) is 0.571. The molecule has 63 heavy (non-hydrogen) atoms. The predicted octanol–water partition coefficient (Wildman–Crippen LogP) is 9.53. The van der Waals surface area contributed by atoms with Crippen LogP contribution < -0.4 is 19.7 Å². The molecule has 2 amide bonds. The first kappa shape index (κ1) is 44.6. The summed E-state index contributed by atoms with van der Waals surface area (Å²) in [5.41, 5.74) is 2.04. The fourth-order valence-corrected chi connectivity index (χ4v) is 10.1. The minimum atomic E-state index is -1.54. The Morgan fingerprint density at radius 2 is 1.52 bits per heavy atom. The summed E-state index contributed by atoms with van der Waals surface area (Å²) >= 11 is 0. The molecule has 11 nitrogen and oxygen atoms in total.